The highest BCUT2D eigenvalue weighted by molar-refractivity contribution is 5.97. The fraction of sp³-hybridized carbons (Fsp3) is 0.522. The fourth-order valence-electron chi connectivity index (χ4n) is 3.98. The van der Waals surface area contributed by atoms with Gasteiger partial charge in [0.2, 0.25) is 0 Å². The minimum absolute atomic E-state index is 0.0146. The Morgan fingerprint density at radius 2 is 1.97 bits per heavy atom. The Kier molecular flexibility index (Phi) is 7.07. The van der Waals surface area contributed by atoms with E-state index in [2.05, 4.69) is 19.1 Å². The predicted molar refractivity (Wildman–Crippen MR) is 112 cm³/mol. The van der Waals surface area contributed by atoms with E-state index in [-0.39, 0.29) is 17.8 Å². The van der Waals surface area contributed by atoms with Crippen LogP contribution in [0.25, 0.3) is 0 Å². The maximum absolute atomic E-state index is 13.4. The van der Waals surface area contributed by atoms with Crippen LogP contribution in [0.3, 0.4) is 0 Å². The minimum atomic E-state index is -0.234. The second kappa shape index (κ2) is 9.72. The first kappa shape index (κ1) is 21.1. The molecule has 6 nitrogen and oxygen atoms in total. The highest BCUT2D eigenvalue weighted by Crippen LogP contribution is 2.24. The molecule has 1 amide bonds. The minimum Gasteiger partial charge on any atom is -0.466 e. The fourth-order valence-corrected chi connectivity index (χ4v) is 3.98. The molecule has 1 atom stereocenters. The average Bonchev–Trinajstić information content (AvgIpc) is 3.03. The van der Waals surface area contributed by atoms with E-state index in [9.17, 15) is 9.59 Å². The van der Waals surface area contributed by atoms with Crippen LogP contribution in [-0.4, -0.2) is 46.3 Å². The van der Waals surface area contributed by atoms with Crippen molar-refractivity contribution in [1.29, 1.82) is 0 Å². The van der Waals surface area contributed by atoms with Gasteiger partial charge in [-0.3, -0.25) is 14.3 Å². The third-order valence-electron chi connectivity index (χ3n) is 5.48. The summed E-state index contributed by atoms with van der Waals surface area (Å²) < 4.78 is 7.11. The molecule has 0 unspecified atom stereocenters. The summed E-state index contributed by atoms with van der Waals surface area (Å²) in [5, 5.41) is 4.77. The molecule has 1 fully saturated rings. The van der Waals surface area contributed by atoms with Gasteiger partial charge in [-0.05, 0) is 38.7 Å². The average molecular weight is 398 g/mol. The van der Waals surface area contributed by atoms with Gasteiger partial charge >= 0.3 is 5.97 Å². The number of carbonyl (C=O) groups is 2. The Hall–Kier alpha value is -2.63. The highest BCUT2D eigenvalue weighted by Gasteiger charge is 2.32. The summed E-state index contributed by atoms with van der Waals surface area (Å²) in [7, 11) is 0. The number of rotatable bonds is 7. The molecule has 29 heavy (non-hydrogen) atoms. The van der Waals surface area contributed by atoms with E-state index in [0.29, 0.717) is 31.8 Å². The first-order chi connectivity index (χ1) is 14.0. The number of nitrogens with zero attached hydrogens (tertiary/aromatic N) is 3. The molecule has 2 heterocycles. The van der Waals surface area contributed by atoms with Crippen LogP contribution in [0, 0.1) is 12.8 Å². The number of likely N-dealkylation sites (tertiary alicyclic amines) is 1. The van der Waals surface area contributed by atoms with Crippen molar-refractivity contribution in [2.45, 2.75) is 53.0 Å². The van der Waals surface area contributed by atoms with Gasteiger partial charge < -0.3 is 9.64 Å². The Bertz CT molecular complexity index is 845. The number of piperidine rings is 1. The molecule has 0 radical (unpaired) electrons. The first-order valence-electron chi connectivity index (χ1n) is 10.6. The van der Waals surface area contributed by atoms with Crippen LogP contribution < -0.4 is 0 Å². The number of aryl methyl sites for hydroxylation is 1. The summed E-state index contributed by atoms with van der Waals surface area (Å²) in [5.41, 5.74) is 3.59. The van der Waals surface area contributed by atoms with Crippen LogP contribution >= 0.6 is 0 Å². The zero-order valence-corrected chi connectivity index (χ0v) is 17.7. The number of aromatic nitrogens is 2. The van der Waals surface area contributed by atoms with Crippen molar-refractivity contribution in [1.82, 2.24) is 14.7 Å². The molecular formula is C23H31N3O3. The number of ether oxygens (including phenoxy) is 1. The van der Waals surface area contributed by atoms with E-state index < -0.39 is 0 Å². The third kappa shape index (κ3) is 4.86. The van der Waals surface area contributed by atoms with Crippen LogP contribution in [0.5, 0.6) is 0 Å². The standard InChI is InChI=1S/C23H31N3O3/c1-4-10-20-21(17(3)26(24-20)15-18-11-7-6-8-12-18)22(27)25-14-9-13-19(16-25)23(28)29-5-2/h6-8,11-12,19H,4-5,9-10,13-16H2,1-3H3/t19-/m1/s1. The SMILES string of the molecule is CCCc1nn(Cc2ccccc2)c(C)c1C(=O)N1CCC[C@@H](C(=O)OCC)C1. The number of amides is 1. The second-order valence-electron chi connectivity index (χ2n) is 7.64. The first-order valence-corrected chi connectivity index (χ1v) is 10.6. The van der Waals surface area contributed by atoms with Crippen LogP contribution in [0.15, 0.2) is 30.3 Å². The molecule has 6 heteroatoms. The van der Waals surface area contributed by atoms with Crippen molar-refractivity contribution in [3.8, 4) is 0 Å². The quantitative estimate of drug-likeness (QED) is 0.670. The number of carbonyl (C=O) groups excluding carboxylic acids is 2. The molecule has 1 aromatic heterocycles. The molecule has 1 aliphatic heterocycles. The lowest BCUT2D eigenvalue weighted by molar-refractivity contribution is -0.149. The second-order valence-corrected chi connectivity index (χ2v) is 7.64. The Balaban J connectivity index is 1.84. The molecule has 0 saturated carbocycles. The van der Waals surface area contributed by atoms with Crippen molar-refractivity contribution in [2.24, 2.45) is 5.92 Å². The molecule has 156 valence electrons. The molecule has 0 aliphatic carbocycles. The monoisotopic (exact) mass is 397 g/mol. The van der Waals surface area contributed by atoms with Gasteiger partial charge in [0.05, 0.1) is 30.3 Å². The zero-order chi connectivity index (χ0) is 20.8. The molecule has 2 aromatic rings. The van der Waals surface area contributed by atoms with Gasteiger partial charge in [0, 0.05) is 18.8 Å². The van der Waals surface area contributed by atoms with Crippen molar-refractivity contribution in [3.05, 3.63) is 52.8 Å². The molecule has 1 aromatic carbocycles. The topological polar surface area (TPSA) is 64.4 Å². The molecule has 0 N–H and O–H groups in total. The maximum Gasteiger partial charge on any atom is 0.310 e. The normalized spacial score (nSPS) is 16.7. The van der Waals surface area contributed by atoms with Crippen molar-refractivity contribution in [3.63, 3.8) is 0 Å². The molecule has 3 rings (SSSR count). The van der Waals surface area contributed by atoms with Gasteiger partial charge in [-0.25, -0.2) is 0 Å². The number of esters is 1. The molecule has 0 bridgehead atoms. The summed E-state index contributed by atoms with van der Waals surface area (Å²) in [6.45, 7) is 7.98. The Morgan fingerprint density at radius 1 is 1.21 bits per heavy atom. The van der Waals surface area contributed by atoms with Crippen LogP contribution in [-0.2, 0) is 22.5 Å². The van der Waals surface area contributed by atoms with E-state index in [1.165, 1.54) is 0 Å². The lowest BCUT2D eigenvalue weighted by atomic mass is 9.97. The van der Waals surface area contributed by atoms with E-state index in [1.54, 1.807) is 4.90 Å². The summed E-state index contributed by atoms with van der Waals surface area (Å²) in [4.78, 5) is 27.4. The lowest BCUT2D eigenvalue weighted by Gasteiger charge is -2.31. The van der Waals surface area contributed by atoms with Gasteiger partial charge in [0.1, 0.15) is 0 Å². The molecule has 1 saturated heterocycles. The summed E-state index contributed by atoms with van der Waals surface area (Å²) in [6.07, 6.45) is 3.28. The van der Waals surface area contributed by atoms with Crippen LogP contribution in [0.1, 0.15) is 60.4 Å². The lowest BCUT2D eigenvalue weighted by Crippen LogP contribution is -2.43. The highest BCUT2D eigenvalue weighted by atomic mass is 16.5. The van der Waals surface area contributed by atoms with E-state index in [4.69, 9.17) is 9.84 Å². The van der Waals surface area contributed by atoms with Crippen LogP contribution in [0.2, 0.25) is 0 Å². The van der Waals surface area contributed by atoms with Gasteiger partial charge in [0.15, 0.2) is 0 Å². The van der Waals surface area contributed by atoms with Gasteiger partial charge in [-0.1, -0.05) is 43.7 Å². The van der Waals surface area contributed by atoms with Gasteiger partial charge in [-0.2, -0.15) is 5.10 Å². The molecule has 1 aliphatic rings. The van der Waals surface area contributed by atoms with Crippen molar-refractivity contribution < 1.29 is 14.3 Å². The van der Waals surface area contributed by atoms with Gasteiger partial charge in [0.25, 0.3) is 5.91 Å². The van der Waals surface area contributed by atoms with E-state index >= 15 is 0 Å². The van der Waals surface area contributed by atoms with E-state index in [1.807, 2.05) is 36.7 Å². The number of hydrogen-bond acceptors (Lipinski definition) is 4. The van der Waals surface area contributed by atoms with E-state index in [0.717, 1.165) is 42.6 Å². The van der Waals surface area contributed by atoms with Crippen molar-refractivity contribution >= 4 is 11.9 Å². The Labute approximate surface area is 172 Å². The third-order valence-corrected chi connectivity index (χ3v) is 5.48. The molecular weight excluding hydrogens is 366 g/mol. The van der Waals surface area contributed by atoms with Crippen molar-refractivity contribution in [2.75, 3.05) is 19.7 Å². The zero-order valence-electron chi connectivity index (χ0n) is 17.7. The van der Waals surface area contributed by atoms with Crippen LogP contribution in [0.4, 0.5) is 0 Å². The summed E-state index contributed by atoms with van der Waals surface area (Å²) in [5.74, 6) is -0.448. The smallest absolute Gasteiger partial charge is 0.310 e. The van der Waals surface area contributed by atoms with Gasteiger partial charge in [-0.15, -0.1) is 0 Å². The summed E-state index contributed by atoms with van der Waals surface area (Å²) >= 11 is 0. The number of benzene rings is 1. The maximum atomic E-state index is 13.4. The predicted octanol–water partition coefficient (Wildman–Crippen LogP) is 3.61. The summed E-state index contributed by atoms with van der Waals surface area (Å²) in [6, 6.07) is 10.1. The Morgan fingerprint density at radius 3 is 2.66 bits per heavy atom. The largest absolute Gasteiger partial charge is 0.466 e. The molecule has 0 spiro atoms. The number of hydrogen-bond donors (Lipinski definition) is 0.